The van der Waals surface area contributed by atoms with Gasteiger partial charge in [0.05, 0.1) is 6.20 Å². The van der Waals surface area contributed by atoms with E-state index >= 15 is 0 Å². The molecule has 0 atom stereocenters. The van der Waals surface area contributed by atoms with Gasteiger partial charge >= 0.3 is 0 Å². The molecule has 2 heterocycles. The summed E-state index contributed by atoms with van der Waals surface area (Å²) in [6.45, 7) is 0. The number of nitrogens with zero attached hydrogens (tertiary/aromatic N) is 2. The molecular weight excluding hydrogens is 158 g/mol. The number of aromatic nitrogens is 2. The number of H-pyrrole nitrogens is 1. The second-order valence-electron chi connectivity index (χ2n) is 2.19. The van der Waals surface area contributed by atoms with Crippen LogP contribution >= 0.6 is 0 Å². The monoisotopic (exact) mass is 163 g/mol. The third-order valence-electron chi connectivity index (χ3n) is 1.48. The molecule has 1 N–H and O–H groups in total. The van der Waals surface area contributed by atoms with Crippen molar-refractivity contribution in [3.63, 3.8) is 0 Å². The fourth-order valence-electron chi connectivity index (χ4n) is 0.940. The van der Waals surface area contributed by atoms with Gasteiger partial charge in [0.15, 0.2) is 0 Å². The van der Waals surface area contributed by atoms with Crippen molar-refractivity contribution in [1.29, 1.82) is 5.26 Å². The number of nitrogens with one attached hydrogen (secondary N) is 1. The molecule has 1 aromatic heterocycles. The maximum absolute atomic E-state index is 8.63. The van der Waals surface area contributed by atoms with Gasteiger partial charge in [-0.3, -0.25) is 5.10 Å². The number of rotatable bonds is 1. The van der Waals surface area contributed by atoms with E-state index in [1.807, 2.05) is 6.07 Å². The Kier molecular flexibility index (Phi) is 1.45. The lowest BCUT2D eigenvalue weighted by Crippen LogP contribution is -2.00. The second kappa shape index (κ2) is 2.58. The van der Waals surface area contributed by atoms with E-state index in [2.05, 4.69) is 10.2 Å². The van der Waals surface area contributed by atoms with Crippen LogP contribution in [0.25, 0.3) is 0 Å². The first kappa shape index (κ1) is 6.73. The molecule has 12 heavy (non-hydrogen) atoms. The van der Waals surface area contributed by atoms with Gasteiger partial charge in [-0.05, 0) is 0 Å². The lowest BCUT2D eigenvalue weighted by atomic mass is 10.3. The van der Waals surface area contributed by atoms with E-state index in [9.17, 15) is 0 Å². The molecule has 0 radical (unpaired) electrons. The Balaban J connectivity index is 2.28. The first-order chi connectivity index (χ1) is 5.92. The zero-order valence-electron chi connectivity index (χ0n) is 6.02. The molecule has 0 aliphatic carbocycles. The predicted molar refractivity (Wildman–Crippen MR) is 37.4 cm³/mol. The summed E-state index contributed by atoms with van der Waals surface area (Å²) in [5.41, 5.74) is 0.978. The van der Waals surface area contributed by atoms with E-state index in [1.54, 1.807) is 0 Å². The molecule has 5 heteroatoms. The summed E-state index contributed by atoms with van der Waals surface area (Å²) in [4.78, 5) is 0. The van der Waals surface area contributed by atoms with Gasteiger partial charge in [0.1, 0.15) is 29.9 Å². The molecule has 0 bridgehead atoms. The molecule has 0 unspecified atom stereocenters. The predicted octanol–water partition coefficient (Wildman–Crippen LogP) is 0.798. The number of aromatic amines is 1. The summed E-state index contributed by atoms with van der Waals surface area (Å²) >= 11 is 0. The van der Waals surface area contributed by atoms with Crippen LogP contribution in [-0.2, 0) is 9.47 Å². The normalized spacial score (nSPS) is 15.2. The van der Waals surface area contributed by atoms with E-state index in [0.717, 1.165) is 0 Å². The molecule has 0 amide bonds. The molecule has 1 aliphatic rings. The van der Waals surface area contributed by atoms with Gasteiger partial charge in [-0.2, -0.15) is 10.4 Å². The van der Waals surface area contributed by atoms with Crippen LogP contribution in [0.2, 0.25) is 0 Å². The van der Waals surface area contributed by atoms with Gasteiger partial charge in [0.25, 0.3) is 6.29 Å². The van der Waals surface area contributed by atoms with Gasteiger partial charge in [0.2, 0.25) is 0 Å². The number of nitriles is 1. The summed E-state index contributed by atoms with van der Waals surface area (Å²) in [6.07, 6.45) is 3.72. The van der Waals surface area contributed by atoms with E-state index in [1.165, 1.54) is 18.7 Å². The molecule has 5 nitrogen and oxygen atoms in total. The minimum atomic E-state index is -0.554. The van der Waals surface area contributed by atoms with Crippen LogP contribution in [0.15, 0.2) is 18.7 Å². The van der Waals surface area contributed by atoms with Crippen LogP contribution in [-0.4, -0.2) is 10.2 Å². The quantitative estimate of drug-likeness (QED) is 0.664. The Morgan fingerprint density at radius 2 is 2.25 bits per heavy atom. The highest BCUT2D eigenvalue weighted by Crippen LogP contribution is 2.24. The molecule has 60 valence electrons. The molecule has 1 aromatic rings. The molecule has 2 rings (SSSR count). The Labute approximate surface area is 68.2 Å². The molecule has 0 fully saturated rings. The van der Waals surface area contributed by atoms with E-state index in [4.69, 9.17) is 14.7 Å². The van der Waals surface area contributed by atoms with Crippen molar-refractivity contribution < 1.29 is 9.47 Å². The van der Waals surface area contributed by atoms with Gasteiger partial charge in [-0.1, -0.05) is 0 Å². The smallest absolute Gasteiger partial charge is 0.284 e. The minimum absolute atomic E-state index is 0.434. The van der Waals surface area contributed by atoms with Gasteiger partial charge in [-0.15, -0.1) is 0 Å². The van der Waals surface area contributed by atoms with Gasteiger partial charge in [0, 0.05) is 0 Å². The van der Waals surface area contributed by atoms with Crippen molar-refractivity contribution in [1.82, 2.24) is 10.2 Å². The summed E-state index contributed by atoms with van der Waals surface area (Å²) < 4.78 is 10.0. The van der Waals surface area contributed by atoms with Crippen molar-refractivity contribution in [2.24, 2.45) is 0 Å². The topological polar surface area (TPSA) is 70.9 Å². The van der Waals surface area contributed by atoms with Crippen LogP contribution in [0.3, 0.4) is 0 Å². The maximum atomic E-state index is 8.63. The Bertz CT molecular complexity index is 342. The molecule has 0 saturated heterocycles. The first-order valence-electron chi connectivity index (χ1n) is 3.31. The summed E-state index contributed by atoms with van der Waals surface area (Å²) in [7, 11) is 0. The molecular formula is C7H5N3O2. The summed E-state index contributed by atoms with van der Waals surface area (Å²) in [6, 6.07) is 1.97. The van der Waals surface area contributed by atoms with Crippen LogP contribution in [0.1, 0.15) is 17.5 Å². The Hall–Kier alpha value is -1.96. The van der Waals surface area contributed by atoms with Crippen molar-refractivity contribution in [3.05, 3.63) is 30.0 Å². The number of ether oxygens (including phenoxy) is 2. The third-order valence-corrected chi connectivity index (χ3v) is 1.48. The fraction of sp³-hybridized carbons (Fsp3) is 0.143. The van der Waals surface area contributed by atoms with Crippen molar-refractivity contribution in [2.75, 3.05) is 0 Å². The highest BCUT2D eigenvalue weighted by molar-refractivity contribution is 5.31. The summed E-state index contributed by atoms with van der Waals surface area (Å²) in [5.74, 6) is 0. The molecule has 1 aliphatic heterocycles. The van der Waals surface area contributed by atoms with Crippen molar-refractivity contribution in [2.45, 2.75) is 6.29 Å². The average Bonchev–Trinajstić information content (AvgIpc) is 2.74. The van der Waals surface area contributed by atoms with Crippen molar-refractivity contribution in [3.8, 4) is 6.07 Å². The zero-order valence-corrected chi connectivity index (χ0v) is 6.02. The van der Waals surface area contributed by atoms with E-state index in [-0.39, 0.29) is 0 Å². The Morgan fingerprint density at radius 3 is 2.92 bits per heavy atom. The van der Waals surface area contributed by atoms with E-state index < -0.39 is 6.29 Å². The standard InChI is InChI=1S/C7H5N3O2/c8-3-5-4-9-10-6(5)7-11-1-2-12-7/h1-2,4,7H,(H,9,10). The SMILES string of the molecule is N#Cc1cn[nH]c1C1OC=CO1. The molecule has 0 spiro atoms. The highest BCUT2D eigenvalue weighted by Gasteiger charge is 2.20. The first-order valence-corrected chi connectivity index (χ1v) is 3.31. The van der Waals surface area contributed by atoms with Crippen molar-refractivity contribution >= 4 is 0 Å². The van der Waals surface area contributed by atoms with Crippen LogP contribution in [0.5, 0.6) is 0 Å². The number of hydrogen-bond acceptors (Lipinski definition) is 4. The minimum Gasteiger partial charge on any atom is -0.454 e. The van der Waals surface area contributed by atoms with Crippen LogP contribution in [0, 0.1) is 11.3 Å². The lowest BCUT2D eigenvalue weighted by molar-refractivity contribution is -0.0281. The van der Waals surface area contributed by atoms with Crippen LogP contribution < -0.4 is 0 Å². The lowest BCUT2D eigenvalue weighted by Gasteiger charge is -2.06. The largest absolute Gasteiger partial charge is 0.454 e. The van der Waals surface area contributed by atoms with Gasteiger partial charge < -0.3 is 9.47 Å². The van der Waals surface area contributed by atoms with E-state index in [0.29, 0.717) is 11.3 Å². The van der Waals surface area contributed by atoms with Gasteiger partial charge in [-0.25, -0.2) is 0 Å². The fourth-order valence-corrected chi connectivity index (χ4v) is 0.940. The van der Waals surface area contributed by atoms with Crippen LogP contribution in [0.4, 0.5) is 0 Å². The zero-order chi connectivity index (χ0) is 8.39. The highest BCUT2D eigenvalue weighted by atomic mass is 16.7. The second-order valence-corrected chi connectivity index (χ2v) is 2.19. The molecule has 0 aromatic carbocycles. The maximum Gasteiger partial charge on any atom is 0.284 e. The third kappa shape index (κ3) is 0.900. The molecule has 0 saturated carbocycles. The average molecular weight is 163 g/mol. The Morgan fingerprint density at radius 1 is 1.50 bits per heavy atom. The number of hydrogen-bond donors (Lipinski definition) is 1. The summed E-state index contributed by atoms with van der Waals surface area (Å²) in [5, 5.41) is 15.0.